The molecule has 0 aliphatic heterocycles. The molecule has 0 heterocycles. The van der Waals surface area contributed by atoms with Gasteiger partial charge in [0.15, 0.2) is 0 Å². The van der Waals surface area contributed by atoms with Crippen LogP contribution in [0.4, 0.5) is 0 Å². The molecule has 0 saturated heterocycles. The molecule has 0 unspecified atom stereocenters. The highest BCUT2D eigenvalue weighted by Crippen LogP contribution is 2.24. The zero-order valence-electron chi connectivity index (χ0n) is 13.2. The van der Waals surface area contributed by atoms with E-state index in [0.717, 1.165) is 25.7 Å². The van der Waals surface area contributed by atoms with Crippen molar-refractivity contribution in [2.24, 2.45) is 17.6 Å². The molecule has 1 aliphatic rings. The van der Waals surface area contributed by atoms with Gasteiger partial charge in [0.1, 0.15) is 0 Å². The Morgan fingerprint density at radius 3 is 2.33 bits per heavy atom. The third-order valence-electron chi connectivity index (χ3n) is 3.75. The molecular formula is C15H27N3O3. The van der Waals surface area contributed by atoms with Crippen LogP contribution in [0.25, 0.3) is 0 Å². The zero-order valence-corrected chi connectivity index (χ0v) is 13.2. The Labute approximate surface area is 126 Å². The third kappa shape index (κ3) is 5.83. The lowest BCUT2D eigenvalue weighted by atomic mass is 9.91. The first-order valence-electron chi connectivity index (χ1n) is 7.63. The summed E-state index contributed by atoms with van der Waals surface area (Å²) in [5.74, 6) is -0.876. The van der Waals surface area contributed by atoms with Crippen molar-refractivity contribution < 1.29 is 14.4 Å². The number of amides is 3. The Bertz CT molecular complexity index is 399. The summed E-state index contributed by atoms with van der Waals surface area (Å²) in [7, 11) is 0. The molecule has 120 valence electrons. The Hall–Kier alpha value is -1.43. The van der Waals surface area contributed by atoms with Crippen molar-refractivity contribution in [3.63, 3.8) is 0 Å². The van der Waals surface area contributed by atoms with E-state index in [0.29, 0.717) is 6.42 Å². The van der Waals surface area contributed by atoms with Crippen LogP contribution >= 0.6 is 0 Å². The smallest absolute Gasteiger partial charge is 0.245 e. The van der Waals surface area contributed by atoms with Crippen LogP contribution < -0.4 is 16.4 Å². The minimum Gasteiger partial charge on any atom is -0.345 e. The summed E-state index contributed by atoms with van der Waals surface area (Å²) >= 11 is 0. The van der Waals surface area contributed by atoms with Gasteiger partial charge in [0.2, 0.25) is 17.7 Å². The topological polar surface area (TPSA) is 101 Å². The van der Waals surface area contributed by atoms with E-state index in [1.165, 1.54) is 0 Å². The second kappa shape index (κ2) is 7.54. The van der Waals surface area contributed by atoms with E-state index in [4.69, 9.17) is 5.73 Å². The minimum absolute atomic E-state index is 0.0645. The van der Waals surface area contributed by atoms with Crippen LogP contribution in [-0.2, 0) is 14.4 Å². The predicted molar refractivity (Wildman–Crippen MR) is 80.2 cm³/mol. The van der Waals surface area contributed by atoms with Gasteiger partial charge in [-0.15, -0.1) is 0 Å². The predicted octanol–water partition coefficient (Wildman–Crippen LogP) is 0.699. The molecule has 4 N–H and O–H groups in total. The minimum atomic E-state index is -1.01. The fourth-order valence-corrected chi connectivity index (χ4v) is 2.77. The average molecular weight is 297 g/mol. The maximum atomic E-state index is 11.9. The molecule has 0 aromatic rings. The van der Waals surface area contributed by atoms with Crippen molar-refractivity contribution in [2.75, 3.05) is 6.54 Å². The van der Waals surface area contributed by atoms with Gasteiger partial charge < -0.3 is 11.1 Å². The monoisotopic (exact) mass is 297 g/mol. The molecule has 3 amide bonds. The first-order valence-corrected chi connectivity index (χ1v) is 7.63. The molecule has 1 rings (SSSR count). The fourth-order valence-electron chi connectivity index (χ4n) is 2.77. The third-order valence-corrected chi connectivity index (χ3v) is 3.75. The second-order valence-electron chi connectivity index (χ2n) is 6.59. The molecule has 0 radical (unpaired) electrons. The molecule has 0 bridgehead atoms. The molecule has 6 nitrogen and oxygen atoms in total. The Morgan fingerprint density at radius 2 is 1.81 bits per heavy atom. The van der Waals surface area contributed by atoms with Gasteiger partial charge in [-0.05, 0) is 32.1 Å². The lowest BCUT2D eigenvalue weighted by molar-refractivity contribution is -0.134. The van der Waals surface area contributed by atoms with Crippen LogP contribution in [0, 0.1) is 11.8 Å². The lowest BCUT2D eigenvalue weighted by Gasteiger charge is -2.25. The maximum absolute atomic E-state index is 11.9. The van der Waals surface area contributed by atoms with Crippen molar-refractivity contribution >= 4 is 17.7 Å². The van der Waals surface area contributed by atoms with Crippen LogP contribution in [0.5, 0.6) is 0 Å². The van der Waals surface area contributed by atoms with E-state index in [-0.39, 0.29) is 30.2 Å². The Balaban J connectivity index is 2.35. The van der Waals surface area contributed by atoms with Gasteiger partial charge in [0, 0.05) is 5.92 Å². The molecule has 1 saturated carbocycles. The molecular weight excluding hydrogens is 270 g/mol. The maximum Gasteiger partial charge on any atom is 0.245 e. The van der Waals surface area contributed by atoms with Gasteiger partial charge in [-0.2, -0.15) is 0 Å². The van der Waals surface area contributed by atoms with Crippen LogP contribution in [0.2, 0.25) is 0 Å². The number of nitrogens with one attached hydrogen (secondary N) is 2. The SMILES string of the molecule is CC(C)C[C@](C)(N)C(=O)NCC(=O)NC(=O)C1CCCC1. The summed E-state index contributed by atoms with van der Waals surface area (Å²) in [5, 5.41) is 4.83. The normalized spacial score (nSPS) is 18.3. The van der Waals surface area contributed by atoms with Crippen molar-refractivity contribution in [3.8, 4) is 0 Å². The number of imide groups is 1. The van der Waals surface area contributed by atoms with Crippen LogP contribution in [0.15, 0.2) is 0 Å². The van der Waals surface area contributed by atoms with Crippen molar-refractivity contribution in [2.45, 2.75) is 58.4 Å². The Morgan fingerprint density at radius 1 is 1.24 bits per heavy atom. The quantitative estimate of drug-likeness (QED) is 0.671. The van der Waals surface area contributed by atoms with E-state index in [1.807, 2.05) is 13.8 Å². The number of rotatable bonds is 6. The summed E-state index contributed by atoms with van der Waals surface area (Å²) in [5.41, 5.74) is 4.93. The molecule has 1 aliphatic carbocycles. The molecule has 0 aromatic carbocycles. The summed E-state index contributed by atoms with van der Waals surface area (Å²) in [6.07, 6.45) is 4.26. The van der Waals surface area contributed by atoms with Crippen molar-refractivity contribution in [1.29, 1.82) is 0 Å². The van der Waals surface area contributed by atoms with Gasteiger partial charge in [-0.3, -0.25) is 19.7 Å². The number of nitrogens with two attached hydrogens (primary N) is 1. The van der Waals surface area contributed by atoms with Crippen molar-refractivity contribution in [3.05, 3.63) is 0 Å². The van der Waals surface area contributed by atoms with Gasteiger partial charge in [0.25, 0.3) is 0 Å². The Kier molecular flexibility index (Phi) is 6.33. The van der Waals surface area contributed by atoms with Gasteiger partial charge in [-0.25, -0.2) is 0 Å². The molecule has 0 aromatic heterocycles. The van der Waals surface area contributed by atoms with E-state index < -0.39 is 11.4 Å². The molecule has 0 spiro atoms. The summed E-state index contributed by atoms with van der Waals surface area (Å²) in [6.45, 7) is 5.38. The van der Waals surface area contributed by atoms with Crippen LogP contribution in [0.3, 0.4) is 0 Å². The van der Waals surface area contributed by atoms with Crippen LogP contribution in [0.1, 0.15) is 52.9 Å². The highest BCUT2D eigenvalue weighted by molar-refractivity contribution is 5.99. The largest absolute Gasteiger partial charge is 0.345 e. The van der Waals surface area contributed by atoms with E-state index in [9.17, 15) is 14.4 Å². The number of hydrogen-bond acceptors (Lipinski definition) is 4. The summed E-state index contributed by atoms with van der Waals surface area (Å²) in [6, 6.07) is 0. The highest BCUT2D eigenvalue weighted by Gasteiger charge is 2.30. The van der Waals surface area contributed by atoms with Gasteiger partial charge >= 0.3 is 0 Å². The zero-order chi connectivity index (χ0) is 16.0. The first-order chi connectivity index (χ1) is 9.72. The molecule has 1 fully saturated rings. The van der Waals surface area contributed by atoms with Crippen molar-refractivity contribution in [1.82, 2.24) is 10.6 Å². The van der Waals surface area contributed by atoms with E-state index >= 15 is 0 Å². The van der Waals surface area contributed by atoms with E-state index in [1.54, 1.807) is 6.92 Å². The number of carbonyl (C=O) groups is 3. The van der Waals surface area contributed by atoms with Gasteiger partial charge in [0.05, 0.1) is 12.1 Å². The van der Waals surface area contributed by atoms with Crippen LogP contribution in [-0.4, -0.2) is 29.8 Å². The summed E-state index contributed by atoms with van der Waals surface area (Å²) in [4.78, 5) is 35.4. The van der Waals surface area contributed by atoms with E-state index in [2.05, 4.69) is 10.6 Å². The molecule has 21 heavy (non-hydrogen) atoms. The average Bonchev–Trinajstić information content (AvgIpc) is 2.88. The fraction of sp³-hybridized carbons (Fsp3) is 0.800. The molecule has 1 atom stereocenters. The lowest BCUT2D eigenvalue weighted by Crippen LogP contribution is -2.54. The first kappa shape index (κ1) is 17.6. The number of hydrogen-bond donors (Lipinski definition) is 3. The number of carbonyl (C=O) groups excluding carboxylic acids is 3. The summed E-state index contributed by atoms with van der Waals surface area (Å²) < 4.78 is 0. The standard InChI is InChI=1S/C15H27N3O3/c1-10(2)8-15(3,16)14(21)17-9-12(19)18-13(20)11-6-4-5-7-11/h10-11H,4-9,16H2,1-3H3,(H,17,21)(H,18,19,20)/t15-/m0/s1. The highest BCUT2D eigenvalue weighted by atomic mass is 16.2. The van der Waals surface area contributed by atoms with Gasteiger partial charge in [-0.1, -0.05) is 26.7 Å². The second-order valence-corrected chi connectivity index (χ2v) is 6.59. The molecule has 6 heteroatoms.